The monoisotopic (exact) mass is 493 g/mol. The third kappa shape index (κ3) is 5.46. The van der Waals surface area contributed by atoms with Crippen molar-refractivity contribution < 1.29 is 14.3 Å². The van der Waals surface area contributed by atoms with Gasteiger partial charge in [0.2, 0.25) is 5.91 Å². The molecule has 0 saturated carbocycles. The van der Waals surface area contributed by atoms with E-state index in [9.17, 15) is 9.59 Å². The minimum Gasteiger partial charge on any atom is -0.467 e. The Kier molecular flexibility index (Phi) is 7.24. The lowest BCUT2D eigenvalue weighted by molar-refractivity contribution is -0.150. The summed E-state index contributed by atoms with van der Waals surface area (Å²) in [5, 5.41) is 3.69. The van der Waals surface area contributed by atoms with Gasteiger partial charge in [0.05, 0.1) is 25.3 Å². The van der Waals surface area contributed by atoms with Crippen LogP contribution in [0.4, 0.5) is 5.69 Å². The molecule has 5 rings (SSSR count). The van der Waals surface area contributed by atoms with E-state index >= 15 is 0 Å². The van der Waals surface area contributed by atoms with E-state index in [1.165, 1.54) is 30.1 Å². The maximum Gasteiger partial charge on any atom is 0.328 e. The van der Waals surface area contributed by atoms with Crippen molar-refractivity contribution in [3.63, 3.8) is 0 Å². The van der Waals surface area contributed by atoms with Crippen molar-refractivity contribution >= 4 is 40.3 Å². The van der Waals surface area contributed by atoms with Crippen molar-refractivity contribution in [2.75, 3.05) is 31.6 Å². The molecule has 2 aliphatic heterocycles. The van der Waals surface area contributed by atoms with Crippen LogP contribution in [0.5, 0.6) is 0 Å². The fourth-order valence-electron chi connectivity index (χ4n) is 5.09. The summed E-state index contributed by atoms with van der Waals surface area (Å²) in [5.74, 6) is -0.329. The van der Waals surface area contributed by atoms with E-state index < -0.39 is 6.04 Å². The summed E-state index contributed by atoms with van der Waals surface area (Å²) in [6.45, 7) is 3.46. The molecule has 0 bridgehead atoms. The molecule has 0 aliphatic carbocycles. The maximum atomic E-state index is 12.8. The Bertz CT molecular complexity index is 1170. The summed E-state index contributed by atoms with van der Waals surface area (Å²) < 4.78 is 13.5. The van der Waals surface area contributed by atoms with Gasteiger partial charge in [0.25, 0.3) is 0 Å². The molecule has 2 saturated heterocycles. The second kappa shape index (κ2) is 10.7. The number of carbonyl (C=O) groups excluding carboxylic acids is 2. The second-order valence-corrected chi connectivity index (χ2v) is 9.87. The van der Waals surface area contributed by atoms with Crippen molar-refractivity contribution in [1.29, 1.82) is 0 Å². The van der Waals surface area contributed by atoms with Gasteiger partial charge >= 0.3 is 5.97 Å². The fraction of sp³-hybridized carbons (Fsp3) is 0.462. The first-order valence-electron chi connectivity index (χ1n) is 12.3. The molecule has 2 aromatic carbocycles. The number of hydrogen-bond donors (Lipinski definition) is 1. The summed E-state index contributed by atoms with van der Waals surface area (Å²) in [7, 11) is 1.38. The van der Waals surface area contributed by atoms with Crippen LogP contribution in [0.15, 0.2) is 42.5 Å². The SMILES string of the molecule is COC(=O)[C@@H]1CCCN1C(=O)Cc1ccc(N2CCC(NCc3ccc4nsnc4c3)CC2)cc1. The van der Waals surface area contributed by atoms with Gasteiger partial charge in [-0.15, -0.1) is 0 Å². The van der Waals surface area contributed by atoms with Crippen LogP contribution in [0.1, 0.15) is 36.8 Å². The third-order valence-electron chi connectivity index (χ3n) is 7.11. The van der Waals surface area contributed by atoms with Crippen LogP contribution in [-0.4, -0.2) is 64.4 Å². The number of nitrogens with one attached hydrogen (secondary N) is 1. The molecule has 0 radical (unpaired) electrons. The predicted molar refractivity (Wildman–Crippen MR) is 136 cm³/mol. The van der Waals surface area contributed by atoms with Gasteiger partial charge in [-0.3, -0.25) is 4.79 Å². The summed E-state index contributed by atoms with van der Waals surface area (Å²) in [5.41, 5.74) is 5.33. The molecule has 35 heavy (non-hydrogen) atoms. The highest BCUT2D eigenvalue weighted by Gasteiger charge is 2.34. The number of amides is 1. The van der Waals surface area contributed by atoms with Crippen molar-refractivity contribution in [3.8, 4) is 0 Å². The third-order valence-corrected chi connectivity index (χ3v) is 7.67. The number of rotatable bonds is 7. The molecule has 2 aliphatic rings. The average molecular weight is 494 g/mol. The van der Waals surface area contributed by atoms with Crippen molar-refractivity contribution in [2.24, 2.45) is 0 Å². The van der Waals surface area contributed by atoms with Crippen LogP contribution < -0.4 is 10.2 Å². The first-order chi connectivity index (χ1) is 17.1. The van der Waals surface area contributed by atoms with Gasteiger partial charge in [0.15, 0.2) is 0 Å². The fourth-order valence-corrected chi connectivity index (χ4v) is 5.61. The summed E-state index contributed by atoms with van der Waals surface area (Å²) >= 11 is 1.26. The Hall–Kier alpha value is -3.04. The minimum atomic E-state index is -0.436. The van der Waals surface area contributed by atoms with Crippen molar-refractivity contribution in [2.45, 2.75) is 50.7 Å². The number of carbonyl (C=O) groups is 2. The molecule has 184 valence electrons. The maximum absolute atomic E-state index is 12.8. The summed E-state index contributed by atoms with van der Waals surface area (Å²) in [6.07, 6.45) is 4.01. The number of esters is 1. The lowest BCUT2D eigenvalue weighted by Crippen LogP contribution is -2.42. The number of nitrogens with zero attached hydrogens (tertiary/aromatic N) is 4. The lowest BCUT2D eigenvalue weighted by atomic mass is 10.0. The van der Waals surface area contributed by atoms with Gasteiger partial charge < -0.3 is 19.9 Å². The van der Waals surface area contributed by atoms with Gasteiger partial charge in [-0.1, -0.05) is 18.2 Å². The highest BCUT2D eigenvalue weighted by molar-refractivity contribution is 7.00. The molecular weight excluding hydrogens is 462 g/mol. The van der Waals surface area contributed by atoms with E-state index in [-0.39, 0.29) is 11.9 Å². The number of methoxy groups -OCH3 is 1. The van der Waals surface area contributed by atoms with Crippen LogP contribution in [0.3, 0.4) is 0 Å². The molecule has 8 nitrogen and oxygen atoms in total. The number of hydrogen-bond acceptors (Lipinski definition) is 8. The van der Waals surface area contributed by atoms with E-state index in [4.69, 9.17) is 4.74 Å². The van der Waals surface area contributed by atoms with Crippen LogP contribution >= 0.6 is 11.7 Å². The molecule has 1 atom stereocenters. The topological polar surface area (TPSA) is 87.7 Å². The van der Waals surface area contributed by atoms with Crippen LogP contribution in [0, 0.1) is 0 Å². The Morgan fingerprint density at radius 3 is 2.51 bits per heavy atom. The first-order valence-corrected chi connectivity index (χ1v) is 13.0. The summed E-state index contributed by atoms with van der Waals surface area (Å²) in [4.78, 5) is 28.8. The zero-order chi connectivity index (χ0) is 24.2. The first kappa shape index (κ1) is 23.7. The summed E-state index contributed by atoms with van der Waals surface area (Å²) in [6, 6.07) is 14.6. The van der Waals surface area contributed by atoms with Crippen LogP contribution in [0.25, 0.3) is 11.0 Å². The molecule has 0 spiro atoms. The Labute approximate surface area is 209 Å². The second-order valence-electron chi connectivity index (χ2n) is 9.34. The Morgan fingerprint density at radius 1 is 1.00 bits per heavy atom. The molecule has 2 fully saturated rings. The molecule has 9 heteroatoms. The Morgan fingerprint density at radius 2 is 1.74 bits per heavy atom. The van der Waals surface area contributed by atoms with Gasteiger partial charge in [-0.25, -0.2) is 4.79 Å². The normalized spacial score (nSPS) is 18.8. The van der Waals surface area contributed by atoms with Crippen LogP contribution in [0.2, 0.25) is 0 Å². The number of ether oxygens (including phenoxy) is 1. The lowest BCUT2D eigenvalue weighted by Gasteiger charge is -2.34. The van der Waals surface area contributed by atoms with Gasteiger partial charge in [0.1, 0.15) is 17.1 Å². The molecule has 1 N–H and O–H groups in total. The quantitative estimate of drug-likeness (QED) is 0.506. The molecule has 1 aromatic heterocycles. The van der Waals surface area contributed by atoms with E-state index in [2.05, 4.69) is 43.2 Å². The zero-order valence-electron chi connectivity index (χ0n) is 20.0. The van der Waals surface area contributed by atoms with E-state index in [1.54, 1.807) is 4.90 Å². The highest BCUT2D eigenvalue weighted by atomic mass is 32.1. The van der Waals surface area contributed by atoms with Crippen molar-refractivity contribution in [3.05, 3.63) is 53.6 Å². The molecule has 3 aromatic rings. The zero-order valence-corrected chi connectivity index (χ0v) is 20.8. The number of benzene rings is 2. The minimum absolute atomic E-state index is 0.0114. The molecular formula is C26H31N5O3S. The van der Waals surface area contributed by atoms with Crippen LogP contribution in [-0.2, 0) is 27.3 Å². The number of piperidine rings is 1. The van der Waals surface area contributed by atoms with Gasteiger partial charge in [-0.05, 0) is 61.1 Å². The number of aromatic nitrogens is 2. The average Bonchev–Trinajstić information content (AvgIpc) is 3.57. The number of anilines is 1. The van der Waals surface area contributed by atoms with E-state index in [1.807, 2.05) is 18.2 Å². The molecule has 0 unspecified atom stereocenters. The Balaban J connectivity index is 1.09. The molecule has 3 heterocycles. The number of fused-ring (bicyclic) bond motifs is 1. The van der Waals surface area contributed by atoms with Gasteiger partial charge in [0, 0.05) is 37.9 Å². The number of likely N-dealkylation sites (tertiary alicyclic amines) is 1. The standard InChI is InChI=1S/C26H31N5O3S/c1-34-26(33)24-3-2-12-31(24)25(32)16-18-4-7-21(8-5-18)30-13-10-20(11-14-30)27-17-19-6-9-22-23(15-19)29-35-28-22/h4-9,15,20,24,27H,2-3,10-14,16-17H2,1H3/t24-/m0/s1. The molecule has 1 amide bonds. The smallest absolute Gasteiger partial charge is 0.328 e. The predicted octanol–water partition coefficient (Wildman–Crippen LogP) is 3.16. The largest absolute Gasteiger partial charge is 0.467 e. The van der Waals surface area contributed by atoms with E-state index in [0.717, 1.165) is 55.5 Å². The van der Waals surface area contributed by atoms with E-state index in [0.29, 0.717) is 25.4 Å². The van der Waals surface area contributed by atoms with Gasteiger partial charge in [-0.2, -0.15) is 8.75 Å². The highest BCUT2D eigenvalue weighted by Crippen LogP contribution is 2.23. The van der Waals surface area contributed by atoms with Crippen molar-refractivity contribution in [1.82, 2.24) is 19.0 Å².